The van der Waals surface area contributed by atoms with Gasteiger partial charge in [-0.3, -0.25) is 0 Å². The molecule has 20 heavy (non-hydrogen) atoms. The van der Waals surface area contributed by atoms with Gasteiger partial charge in [-0.1, -0.05) is 13.3 Å². The Labute approximate surface area is 119 Å². The van der Waals surface area contributed by atoms with Crippen molar-refractivity contribution >= 4 is 5.97 Å². The summed E-state index contributed by atoms with van der Waals surface area (Å²) >= 11 is 0. The molecule has 0 atom stereocenters. The molecule has 0 aliphatic carbocycles. The third-order valence-corrected chi connectivity index (χ3v) is 2.62. The van der Waals surface area contributed by atoms with Crippen molar-refractivity contribution in [3.63, 3.8) is 0 Å². The number of rotatable bonds is 10. The maximum Gasteiger partial charge on any atom is 0.335 e. The molecule has 0 radical (unpaired) electrons. The summed E-state index contributed by atoms with van der Waals surface area (Å²) in [6.45, 7) is 6.05. The van der Waals surface area contributed by atoms with Crippen LogP contribution in [0.25, 0.3) is 0 Å². The molecule has 0 saturated carbocycles. The Balaban J connectivity index is 2.53. The fraction of sp³-hybridized carbons (Fsp3) is 0.533. The Hall–Kier alpha value is -1.75. The summed E-state index contributed by atoms with van der Waals surface area (Å²) in [5.41, 5.74) is 0.181. The molecule has 1 aromatic carbocycles. The molecule has 0 amide bonds. The van der Waals surface area contributed by atoms with E-state index < -0.39 is 5.97 Å². The molecule has 0 fully saturated rings. The maximum absolute atomic E-state index is 10.9. The molecular formula is C15H22O5. The van der Waals surface area contributed by atoms with Gasteiger partial charge in [0.05, 0.1) is 18.8 Å². The van der Waals surface area contributed by atoms with E-state index >= 15 is 0 Å². The smallest absolute Gasteiger partial charge is 0.335 e. The minimum Gasteiger partial charge on any atom is -0.490 e. The van der Waals surface area contributed by atoms with Gasteiger partial charge in [-0.2, -0.15) is 0 Å². The molecule has 0 heterocycles. The van der Waals surface area contributed by atoms with Crippen molar-refractivity contribution < 1.29 is 24.1 Å². The quantitative estimate of drug-likeness (QED) is 0.668. The summed E-state index contributed by atoms with van der Waals surface area (Å²) in [6.07, 6.45) is 2.14. The SMILES string of the molecule is CCCCOCCOc1ccc(C(=O)O)cc1OCC. The van der Waals surface area contributed by atoms with Gasteiger partial charge in [0.2, 0.25) is 0 Å². The van der Waals surface area contributed by atoms with Gasteiger partial charge >= 0.3 is 5.97 Å². The molecule has 1 aromatic rings. The lowest BCUT2D eigenvalue weighted by Gasteiger charge is -2.12. The van der Waals surface area contributed by atoms with E-state index in [1.165, 1.54) is 12.1 Å². The van der Waals surface area contributed by atoms with Crippen LogP contribution in [0.1, 0.15) is 37.0 Å². The van der Waals surface area contributed by atoms with Gasteiger partial charge in [0.1, 0.15) is 6.61 Å². The van der Waals surface area contributed by atoms with Crippen LogP contribution in [0.2, 0.25) is 0 Å². The lowest BCUT2D eigenvalue weighted by atomic mass is 10.2. The van der Waals surface area contributed by atoms with Crippen molar-refractivity contribution in [3.05, 3.63) is 23.8 Å². The van der Waals surface area contributed by atoms with E-state index in [9.17, 15) is 4.79 Å². The van der Waals surface area contributed by atoms with Crippen LogP contribution in [0.3, 0.4) is 0 Å². The highest BCUT2D eigenvalue weighted by molar-refractivity contribution is 5.88. The third-order valence-electron chi connectivity index (χ3n) is 2.62. The third kappa shape index (κ3) is 5.48. The second kappa shape index (κ2) is 9.20. The summed E-state index contributed by atoms with van der Waals surface area (Å²) in [5.74, 6) is -0.00250. The van der Waals surface area contributed by atoms with Crippen LogP contribution in [0.5, 0.6) is 11.5 Å². The predicted octanol–water partition coefficient (Wildman–Crippen LogP) is 2.98. The standard InChI is InChI=1S/C15H22O5/c1-3-5-8-18-9-10-20-13-7-6-12(15(16)17)11-14(13)19-4-2/h6-7,11H,3-5,8-10H2,1-2H3,(H,16,17). The Morgan fingerprint density at radius 1 is 1.10 bits per heavy atom. The molecule has 5 nitrogen and oxygen atoms in total. The molecule has 0 aliphatic rings. The largest absolute Gasteiger partial charge is 0.490 e. The first-order chi connectivity index (χ1) is 9.69. The minimum absolute atomic E-state index is 0.181. The number of hydrogen-bond acceptors (Lipinski definition) is 4. The van der Waals surface area contributed by atoms with Crippen LogP contribution in [0.4, 0.5) is 0 Å². The van der Waals surface area contributed by atoms with Crippen LogP contribution in [0.15, 0.2) is 18.2 Å². The summed E-state index contributed by atoms with van der Waals surface area (Å²) < 4.78 is 16.4. The molecule has 5 heteroatoms. The van der Waals surface area contributed by atoms with Crippen LogP contribution in [0, 0.1) is 0 Å². The minimum atomic E-state index is -0.986. The van der Waals surface area contributed by atoms with E-state index in [1.807, 2.05) is 6.92 Å². The van der Waals surface area contributed by atoms with E-state index in [2.05, 4.69) is 6.92 Å². The van der Waals surface area contributed by atoms with Crippen molar-refractivity contribution in [3.8, 4) is 11.5 Å². The van der Waals surface area contributed by atoms with Crippen molar-refractivity contribution in [1.82, 2.24) is 0 Å². The highest BCUT2D eigenvalue weighted by Crippen LogP contribution is 2.28. The number of carbonyl (C=O) groups is 1. The zero-order chi connectivity index (χ0) is 14.8. The Morgan fingerprint density at radius 3 is 2.55 bits per heavy atom. The van der Waals surface area contributed by atoms with Crippen LogP contribution < -0.4 is 9.47 Å². The first kappa shape index (κ1) is 16.3. The number of hydrogen-bond donors (Lipinski definition) is 1. The Morgan fingerprint density at radius 2 is 1.90 bits per heavy atom. The lowest BCUT2D eigenvalue weighted by molar-refractivity contribution is 0.0696. The van der Waals surface area contributed by atoms with Crippen molar-refractivity contribution in [1.29, 1.82) is 0 Å². The average Bonchev–Trinajstić information content (AvgIpc) is 2.44. The summed E-state index contributed by atoms with van der Waals surface area (Å²) in [6, 6.07) is 4.58. The normalized spacial score (nSPS) is 10.3. The van der Waals surface area contributed by atoms with E-state index in [1.54, 1.807) is 6.07 Å². The van der Waals surface area contributed by atoms with Crippen molar-refractivity contribution in [2.45, 2.75) is 26.7 Å². The van der Waals surface area contributed by atoms with Gasteiger partial charge in [0.25, 0.3) is 0 Å². The first-order valence-electron chi connectivity index (χ1n) is 6.89. The van der Waals surface area contributed by atoms with E-state index in [4.69, 9.17) is 19.3 Å². The number of carboxylic acid groups (broad SMARTS) is 1. The molecule has 0 spiro atoms. The molecule has 1 N–H and O–H groups in total. The number of ether oxygens (including phenoxy) is 3. The Kier molecular flexibility index (Phi) is 7.50. The second-order valence-corrected chi connectivity index (χ2v) is 4.21. The predicted molar refractivity (Wildman–Crippen MR) is 75.8 cm³/mol. The van der Waals surface area contributed by atoms with Crippen LogP contribution >= 0.6 is 0 Å². The highest BCUT2D eigenvalue weighted by Gasteiger charge is 2.10. The molecule has 1 rings (SSSR count). The summed E-state index contributed by atoms with van der Waals surface area (Å²) in [4.78, 5) is 10.9. The van der Waals surface area contributed by atoms with Crippen LogP contribution in [-0.2, 0) is 4.74 Å². The van der Waals surface area contributed by atoms with Gasteiger partial charge in [0.15, 0.2) is 11.5 Å². The average molecular weight is 282 g/mol. The first-order valence-corrected chi connectivity index (χ1v) is 6.89. The van der Waals surface area contributed by atoms with Crippen LogP contribution in [-0.4, -0.2) is 37.5 Å². The monoisotopic (exact) mass is 282 g/mol. The molecule has 0 unspecified atom stereocenters. The molecule has 112 valence electrons. The number of aromatic carboxylic acids is 1. The number of unbranched alkanes of at least 4 members (excludes halogenated alkanes) is 1. The van der Waals surface area contributed by atoms with E-state index in [0.29, 0.717) is 31.3 Å². The van der Waals surface area contributed by atoms with Gasteiger partial charge in [-0.15, -0.1) is 0 Å². The highest BCUT2D eigenvalue weighted by atomic mass is 16.5. The van der Waals surface area contributed by atoms with Gasteiger partial charge in [-0.05, 0) is 31.5 Å². The van der Waals surface area contributed by atoms with Crippen molar-refractivity contribution in [2.75, 3.05) is 26.4 Å². The maximum atomic E-state index is 10.9. The summed E-state index contributed by atoms with van der Waals surface area (Å²) in [5, 5.41) is 8.95. The van der Waals surface area contributed by atoms with Gasteiger partial charge in [-0.25, -0.2) is 4.79 Å². The van der Waals surface area contributed by atoms with Gasteiger partial charge < -0.3 is 19.3 Å². The Bertz CT molecular complexity index is 417. The molecule has 0 saturated heterocycles. The van der Waals surface area contributed by atoms with E-state index in [0.717, 1.165) is 19.4 Å². The molecule has 0 bridgehead atoms. The van der Waals surface area contributed by atoms with E-state index in [-0.39, 0.29) is 5.56 Å². The molecule has 0 aliphatic heterocycles. The topological polar surface area (TPSA) is 65.0 Å². The number of carboxylic acids is 1. The zero-order valence-electron chi connectivity index (χ0n) is 12.1. The van der Waals surface area contributed by atoms with Crippen molar-refractivity contribution in [2.24, 2.45) is 0 Å². The fourth-order valence-electron chi connectivity index (χ4n) is 1.59. The summed E-state index contributed by atoms with van der Waals surface area (Å²) in [7, 11) is 0. The fourth-order valence-corrected chi connectivity index (χ4v) is 1.59. The number of benzene rings is 1. The lowest BCUT2D eigenvalue weighted by Crippen LogP contribution is -2.09. The molecular weight excluding hydrogens is 260 g/mol. The zero-order valence-corrected chi connectivity index (χ0v) is 12.1. The van der Waals surface area contributed by atoms with Gasteiger partial charge in [0, 0.05) is 6.61 Å². The second-order valence-electron chi connectivity index (χ2n) is 4.21. The molecule has 0 aromatic heterocycles.